The second-order valence-corrected chi connectivity index (χ2v) is 51.8. The largest absolute Gasteiger partial charge is 0.532 e. The molecule has 1 N–H and O–H groups in total. The maximum Gasteiger partial charge on any atom is 0.532 e. The first kappa shape index (κ1) is 101. The van der Waals surface area contributed by atoms with Gasteiger partial charge in [0, 0.05) is 88.0 Å². The Labute approximate surface area is 809 Å². The van der Waals surface area contributed by atoms with Crippen LogP contribution in [0.5, 0.6) is 34.5 Å². The van der Waals surface area contributed by atoms with Crippen molar-refractivity contribution >= 4 is 121 Å². The van der Waals surface area contributed by atoms with Crippen LogP contribution < -0.4 is 22.6 Å². The first-order chi connectivity index (χ1) is 62.3. The Morgan fingerprint density at radius 3 is 0.926 bits per heavy atom. The first-order valence-corrected chi connectivity index (χ1v) is 52.1. The van der Waals surface area contributed by atoms with Crippen molar-refractivity contribution in [2.45, 2.75) is 303 Å². The molecule has 19 heteroatoms. The molecule has 12 aromatic carbocycles. The van der Waals surface area contributed by atoms with E-state index in [2.05, 4.69) is 346 Å². The van der Waals surface area contributed by atoms with E-state index in [0.717, 1.165) is 154 Å². The zero-order valence-electron chi connectivity index (χ0n) is 86.1. The van der Waals surface area contributed by atoms with Crippen molar-refractivity contribution in [1.82, 2.24) is 0 Å². The number of phenolic OH excluding ortho intramolecular Hbond substituents is 1. The standard InChI is InChI=1S/C58H68O7P2.C47H63O4P.C11H6ClO3P/c1-33-25-41(42-26-34(2)28-46(57(13,14)15)51(42)64-67-61-49-39-22-20-19-21-36(39)23-24-40(49)53(59)65-67)50(45(27-33)56(10,11)12)62-66-60-48-35(3)29-37(54(4,5)6)30-43(48)44-31-38(55(7,8)9)32-47(52(44)63-66)58(16,17)18;1-27-19-32(39(48)36(21-27)45(10,11)12)33-20-28(2)22-37(46(13,14)15)41(33)50-52-49-40-29(3)23-30(43(4,5)6)24-34(40)35-25-31(44(7,8)9)26-38(42(35)51-52)47(16,17)18;12-16-14-10-8-4-2-1-3-7(8)5-6-9(10)11(13)15-16/h19-32H,1-18H3;19-26,48H,1-18H3;1-6H. The quantitative estimate of drug-likeness (QED) is 0.142. The maximum atomic E-state index is 13.7. The van der Waals surface area contributed by atoms with Crippen molar-refractivity contribution in [2.24, 2.45) is 0 Å². The Hall–Kier alpha value is -10.2. The molecule has 4 unspecified atom stereocenters. The zero-order valence-corrected chi connectivity index (χ0v) is 90.4. The minimum atomic E-state index is -2.23. The molecular weight excluding hydrogens is 1780 g/mol. The van der Waals surface area contributed by atoms with Crippen LogP contribution in [0, 0.1) is 41.5 Å². The molecule has 2 aliphatic rings. The lowest BCUT2D eigenvalue weighted by Gasteiger charge is -2.30. The molecule has 712 valence electrons. The highest BCUT2D eigenvalue weighted by atomic mass is 35.7. The van der Waals surface area contributed by atoms with E-state index < -0.39 is 50.2 Å². The molecule has 4 heterocycles. The Bertz CT molecular complexity index is 7160. The summed E-state index contributed by atoms with van der Waals surface area (Å²) in [5.74, 6) is 2.20. The number of aryl methyl sites for hydroxylation is 6. The Balaban J connectivity index is 0.000000189. The predicted molar refractivity (Wildman–Crippen MR) is 566 cm³/mol. The van der Waals surface area contributed by atoms with Crippen LogP contribution in [0.15, 0.2) is 187 Å². The van der Waals surface area contributed by atoms with Crippen molar-refractivity contribution in [3.63, 3.8) is 0 Å². The molecule has 2 aromatic heterocycles. The summed E-state index contributed by atoms with van der Waals surface area (Å²) < 4.78 is 73.0. The summed E-state index contributed by atoms with van der Waals surface area (Å²) in [6.07, 6.45) is 0. The van der Waals surface area contributed by atoms with Crippen LogP contribution >= 0.6 is 44.1 Å². The molecule has 0 bridgehead atoms. The van der Waals surface area contributed by atoms with Crippen LogP contribution in [0.2, 0.25) is 0 Å². The molecule has 135 heavy (non-hydrogen) atoms. The molecule has 4 atom stereocenters. The molecule has 14 aromatic rings. The number of fused-ring (bicyclic) bond motifs is 12. The fourth-order valence-corrected chi connectivity index (χ4v) is 21.9. The number of hydrogen-bond acceptors (Lipinski definition) is 14. The number of carbonyl (C=O) groups excluding carboxylic acids is 2. The number of benzene rings is 12. The fraction of sp³-hybridized carbons (Fsp3) is 0.397. The average molecular weight is 1910 g/mol. The Morgan fingerprint density at radius 1 is 0.274 bits per heavy atom. The lowest BCUT2D eigenvalue weighted by Crippen LogP contribution is -2.18. The number of halogens is 1. The summed E-state index contributed by atoms with van der Waals surface area (Å²) in [6, 6.07) is 58.1. The van der Waals surface area contributed by atoms with Crippen molar-refractivity contribution in [3.05, 3.63) is 270 Å². The molecule has 2 aliphatic heterocycles. The monoisotopic (exact) mass is 1910 g/mol. The van der Waals surface area contributed by atoms with Crippen LogP contribution in [0.4, 0.5) is 0 Å². The third-order valence-electron chi connectivity index (χ3n) is 25.2. The summed E-state index contributed by atoms with van der Waals surface area (Å²) in [5, 5.41) is 19.7. The Kier molecular flexibility index (Phi) is 27.1. The predicted octanol–water partition coefficient (Wildman–Crippen LogP) is 37.0. The van der Waals surface area contributed by atoms with E-state index in [-0.39, 0.29) is 54.5 Å². The average Bonchev–Trinajstić information content (AvgIpc) is 1.42. The Morgan fingerprint density at radius 2 is 0.570 bits per heavy atom. The van der Waals surface area contributed by atoms with E-state index in [0.29, 0.717) is 39.9 Å². The SMILES string of the molecule is Cc1cc(-c2cc(C)cc(C(C)(C)C)c2Op2oc3c(C)cc(C(C)(C)C)cc3c3cc(C(C)(C)C)cc(C(C)(C)C)c3o2)c(O)c(C(C)(C)C)c1.Cc1cc(-c2cc(C)cc(C(C)(C)C)c2Op2oc3c(C)cc(C(C)(C)C)cc3c3cc(C(C)(C)C)cc(C(C)(C)C)c3o2)c(OP2OC(=O)c3ccc4ccccc4c3O2)c(C(C)(C)C)c1.O=C1OP(Cl)Oc2c1ccc1ccccc21. The molecule has 0 saturated heterocycles. The smallest absolute Gasteiger partial charge is 0.507 e. The minimum Gasteiger partial charge on any atom is -0.507 e. The lowest BCUT2D eigenvalue weighted by molar-refractivity contribution is 0.0694. The molecule has 0 aliphatic carbocycles. The molecule has 16 rings (SSSR count). The summed E-state index contributed by atoms with van der Waals surface area (Å²) >= 11 is 5.74. The van der Waals surface area contributed by atoms with Gasteiger partial charge in [-0.3, -0.25) is 0 Å². The van der Waals surface area contributed by atoms with Crippen LogP contribution in [0.25, 0.3) is 87.7 Å². The fourth-order valence-electron chi connectivity index (χ4n) is 17.4. The highest BCUT2D eigenvalue weighted by Gasteiger charge is 2.40. The van der Waals surface area contributed by atoms with Gasteiger partial charge in [-0.15, -0.1) is 0 Å². The van der Waals surface area contributed by atoms with Gasteiger partial charge in [-0.1, -0.05) is 317 Å². The molecule has 0 radical (unpaired) electrons. The van der Waals surface area contributed by atoms with Gasteiger partial charge in [-0.2, -0.15) is 0 Å². The number of aromatic hydroxyl groups is 1. The molecule has 0 amide bonds. The summed E-state index contributed by atoms with van der Waals surface area (Å²) in [7, 11) is -8.04. The van der Waals surface area contributed by atoms with E-state index in [4.69, 9.17) is 59.7 Å². The van der Waals surface area contributed by atoms with Gasteiger partial charge < -0.3 is 53.6 Å². The number of rotatable bonds is 8. The zero-order chi connectivity index (χ0) is 99.1. The third kappa shape index (κ3) is 21.3. The van der Waals surface area contributed by atoms with Gasteiger partial charge in [0.25, 0.3) is 0 Å². The van der Waals surface area contributed by atoms with E-state index in [9.17, 15) is 14.7 Å². The van der Waals surface area contributed by atoms with E-state index in [1.54, 1.807) is 12.1 Å². The first-order valence-electron chi connectivity index (χ1n) is 46.8. The topological polar surface area (TPSA) is 172 Å². The van der Waals surface area contributed by atoms with Crippen molar-refractivity contribution < 1.29 is 63.1 Å². The van der Waals surface area contributed by atoms with Gasteiger partial charge in [0.1, 0.15) is 56.5 Å². The van der Waals surface area contributed by atoms with Gasteiger partial charge >= 0.3 is 44.7 Å². The third-order valence-corrected chi connectivity index (χ3v) is 29.2. The van der Waals surface area contributed by atoms with Gasteiger partial charge in [0.2, 0.25) is 0 Å². The van der Waals surface area contributed by atoms with Gasteiger partial charge in [-0.05, 0) is 234 Å². The van der Waals surface area contributed by atoms with E-state index in [1.165, 1.54) is 22.3 Å². The normalized spacial score (nSPS) is 15.0. The number of carbonyl (C=O) groups is 2. The van der Waals surface area contributed by atoms with Crippen LogP contribution in [0.3, 0.4) is 0 Å². The summed E-state index contributed by atoms with van der Waals surface area (Å²) in [6.45, 7) is 79.3. The van der Waals surface area contributed by atoms with Crippen molar-refractivity contribution in [2.75, 3.05) is 0 Å². The highest BCUT2D eigenvalue weighted by molar-refractivity contribution is 7.76. The molecule has 0 fully saturated rings. The van der Waals surface area contributed by atoms with Crippen LogP contribution in [0.1, 0.15) is 317 Å². The maximum absolute atomic E-state index is 13.7. The van der Waals surface area contributed by atoms with Gasteiger partial charge in [0.15, 0.2) is 11.5 Å². The molecule has 0 spiro atoms. The van der Waals surface area contributed by atoms with Crippen LogP contribution in [-0.4, -0.2) is 17.0 Å². The highest BCUT2D eigenvalue weighted by Crippen LogP contribution is 2.59. The van der Waals surface area contributed by atoms with Crippen molar-refractivity contribution in [3.8, 4) is 56.8 Å². The second-order valence-electron chi connectivity index (χ2n) is 47.2. The van der Waals surface area contributed by atoms with E-state index >= 15 is 0 Å². The molecule has 14 nitrogen and oxygen atoms in total. The number of hydrogen-bond donors (Lipinski definition) is 1. The second kappa shape index (κ2) is 36.3. The molecule has 0 saturated carbocycles. The van der Waals surface area contributed by atoms with Crippen molar-refractivity contribution in [1.29, 1.82) is 0 Å². The van der Waals surface area contributed by atoms with Gasteiger partial charge in [0.05, 0.1) is 0 Å². The van der Waals surface area contributed by atoms with E-state index in [1.807, 2.05) is 60.7 Å². The molecular formula is C116H137ClO14P4. The van der Waals surface area contributed by atoms with Crippen LogP contribution in [-0.2, 0) is 63.2 Å². The lowest BCUT2D eigenvalue weighted by atomic mass is 9.79. The summed E-state index contributed by atoms with van der Waals surface area (Å²) in [4.78, 5) is 25.3. The minimum absolute atomic E-state index is 0.0665. The summed E-state index contributed by atoms with van der Waals surface area (Å²) in [5.41, 5.74) is 22.1. The van der Waals surface area contributed by atoms with Gasteiger partial charge in [-0.25, -0.2) is 9.59 Å². The number of phenols is 1.